The van der Waals surface area contributed by atoms with Gasteiger partial charge in [-0.25, -0.2) is 14.2 Å². The maximum absolute atomic E-state index is 13.9. The van der Waals surface area contributed by atoms with Crippen LogP contribution in [0.2, 0.25) is 0 Å². The van der Waals surface area contributed by atoms with Crippen molar-refractivity contribution in [2.24, 2.45) is 0 Å². The zero-order chi connectivity index (χ0) is 14.7. The van der Waals surface area contributed by atoms with Crippen LogP contribution in [-0.2, 0) is 0 Å². The van der Waals surface area contributed by atoms with E-state index in [2.05, 4.69) is 4.98 Å². The van der Waals surface area contributed by atoms with Crippen molar-refractivity contribution in [3.63, 3.8) is 0 Å². The Bertz CT molecular complexity index is 658. The molecule has 0 saturated carbocycles. The van der Waals surface area contributed by atoms with E-state index >= 15 is 0 Å². The minimum Gasteiger partial charge on any atom is -0.493 e. The standard InChI is InChI=1S/C14H12FNO4/c1-8-3-4-10(11(7-8)19-2)20-13-12(15)9(14(17)18)5-6-16-13/h3-7H,1-2H3,(H,17,18). The number of methoxy groups -OCH3 is 1. The van der Waals surface area contributed by atoms with Crippen LogP contribution in [0.1, 0.15) is 15.9 Å². The normalized spacial score (nSPS) is 10.2. The van der Waals surface area contributed by atoms with Crippen molar-refractivity contribution < 1.29 is 23.8 Å². The molecule has 0 radical (unpaired) electrons. The summed E-state index contributed by atoms with van der Waals surface area (Å²) in [4.78, 5) is 14.5. The van der Waals surface area contributed by atoms with Crippen LogP contribution in [0.25, 0.3) is 0 Å². The molecule has 0 aliphatic rings. The molecule has 1 aromatic carbocycles. The number of aromatic carboxylic acids is 1. The Morgan fingerprint density at radius 3 is 2.70 bits per heavy atom. The molecule has 1 N–H and O–H groups in total. The third kappa shape index (κ3) is 2.69. The monoisotopic (exact) mass is 277 g/mol. The SMILES string of the molecule is COc1cc(C)ccc1Oc1nccc(C(=O)O)c1F. The lowest BCUT2D eigenvalue weighted by molar-refractivity contribution is 0.0690. The van der Waals surface area contributed by atoms with Crippen LogP contribution in [0.5, 0.6) is 17.4 Å². The molecule has 1 aromatic heterocycles. The smallest absolute Gasteiger partial charge is 0.338 e. The van der Waals surface area contributed by atoms with Gasteiger partial charge < -0.3 is 14.6 Å². The highest BCUT2D eigenvalue weighted by Gasteiger charge is 2.18. The van der Waals surface area contributed by atoms with Crippen LogP contribution >= 0.6 is 0 Å². The van der Waals surface area contributed by atoms with Gasteiger partial charge in [-0.15, -0.1) is 0 Å². The summed E-state index contributed by atoms with van der Waals surface area (Å²) in [6, 6.07) is 6.14. The molecule has 0 unspecified atom stereocenters. The van der Waals surface area contributed by atoms with E-state index in [1.807, 2.05) is 6.92 Å². The second-order valence-corrected chi connectivity index (χ2v) is 4.04. The number of carboxylic acids is 1. The third-order valence-corrected chi connectivity index (χ3v) is 2.61. The molecule has 0 fully saturated rings. The molecule has 0 atom stereocenters. The molecular formula is C14H12FNO4. The van der Waals surface area contributed by atoms with Crippen molar-refractivity contribution in [3.05, 3.63) is 47.4 Å². The molecule has 2 rings (SSSR count). The number of carboxylic acid groups (broad SMARTS) is 1. The van der Waals surface area contributed by atoms with Crippen LogP contribution in [0.15, 0.2) is 30.5 Å². The Hall–Kier alpha value is -2.63. The Morgan fingerprint density at radius 2 is 2.05 bits per heavy atom. The van der Waals surface area contributed by atoms with Gasteiger partial charge in [0.15, 0.2) is 17.3 Å². The summed E-state index contributed by atoms with van der Waals surface area (Å²) in [7, 11) is 1.46. The summed E-state index contributed by atoms with van der Waals surface area (Å²) < 4.78 is 24.3. The van der Waals surface area contributed by atoms with Crippen LogP contribution < -0.4 is 9.47 Å². The van der Waals surface area contributed by atoms with Gasteiger partial charge in [0.2, 0.25) is 0 Å². The number of halogens is 1. The van der Waals surface area contributed by atoms with Gasteiger partial charge in [-0.3, -0.25) is 0 Å². The fourth-order valence-electron chi connectivity index (χ4n) is 1.62. The highest BCUT2D eigenvalue weighted by atomic mass is 19.1. The van der Waals surface area contributed by atoms with Crippen LogP contribution in [0.3, 0.4) is 0 Å². The molecule has 104 valence electrons. The van der Waals surface area contributed by atoms with E-state index in [1.54, 1.807) is 18.2 Å². The Labute approximate surface area is 114 Å². The van der Waals surface area contributed by atoms with E-state index in [9.17, 15) is 9.18 Å². The number of benzene rings is 1. The van der Waals surface area contributed by atoms with Gasteiger partial charge in [-0.2, -0.15) is 0 Å². The predicted octanol–water partition coefficient (Wildman–Crippen LogP) is 3.03. The third-order valence-electron chi connectivity index (χ3n) is 2.61. The maximum Gasteiger partial charge on any atom is 0.338 e. The van der Waals surface area contributed by atoms with E-state index < -0.39 is 23.2 Å². The van der Waals surface area contributed by atoms with E-state index in [-0.39, 0.29) is 5.75 Å². The van der Waals surface area contributed by atoms with E-state index in [1.165, 1.54) is 13.3 Å². The zero-order valence-electron chi connectivity index (χ0n) is 10.9. The van der Waals surface area contributed by atoms with Crippen LogP contribution in [-0.4, -0.2) is 23.2 Å². The number of aromatic nitrogens is 1. The minimum absolute atomic E-state index is 0.257. The number of nitrogens with zero attached hydrogens (tertiary/aromatic N) is 1. The summed E-state index contributed by atoms with van der Waals surface area (Å²) in [5.41, 5.74) is 0.447. The molecule has 20 heavy (non-hydrogen) atoms. The molecule has 1 heterocycles. The number of hydrogen-bond acceptors (Lipinski definition) is 4. The van der Waals surface area contributed by atoms with Gasteiger partial charge in [0.25, 0.3) is 5.88 Å². The predicted molar refractivity (Wildman–Crippen MR) is 69.0 cm³/mol. The quantitative estimate of drug-likeness (QED) is 0.930. The largest absolute Gasteiger partial charge is 0.493 e. The summed E-state index contributed by atoms with van der Waals surface area (Å²) in [5.74, 6) is -2.15. The van der Waals surface area contributed by atoms with Crippen molar-refractivity contribution in [2.45, 2.75) is 6.92 Å². The molecule has 0 saturated heterocycles. The van der Waals surface area contributed by atoms with E-state index in [0.29, 0.717) is 5.75 Å². The first-order valence-corrected chi connectivity index (χ1v) is 5.73. The number of carbonyl (C=O) groups is 1. The lowest BCUT2D eigenvalue weighted by atomic mass is 10.2. The van der Waals surface area contributed by atoms with Crippen molar-refractivity contribution in [3.8, 4) is 17.4 Å². The van der Waals surface area contributed by atoms with Crippen molar-refractivity contribution in [2.75, 3.05) is 7.11 Å². The molecule has 0 spiro atoms. The first-order chi connectivity index (χ1) is 9.52. The zero-order valence-corrected chi connectivity index (χ0v) is 10.9. The van der Waals surface area contributed by atoms with Crippen LogP contribution in [0, 0.1) is 12.7 Å². The van der Waals surface area contributed by atoms with Crippen molar-refractivity contribution >= 4 is 5.97 Å². The van der Waals surface area contributed by atoms with Gasteiger partial charge in [-0.1, -0.05) is 6.07 Å². The van der Waals surface area contributed by atoms with Gasteiger partial charge in [0.05, 0.1) is 7.11 Å². The van der Waals surface area contributed by atoms with Gasteiger partial charge in [-0.05, 0) is 30.7 Å². The molecule has 0 aliphatic carbocycles. The van der Waals surface area contributed by atoms with Crippen LogP contribution in [0.4, 0.5) is 4.39 Å². The first kappa shape index (κ1) is 13.8. The molecule has 0 amide bonds. The molecule has 5 nitrogen and oxygen atoms in total. The maximum atomic E-state index is 13.9. The number of pyridine rings is 1. The fourth-order valence-corrected chi connectivity index (χ4v) is 1.62. The second kappa shape index (κ2) is 5.56. The van der Waals surface area contributed by atoms with Gasteiger partial charge in [0.1, 0.15) is 5.56 Å². The first-order valence-electron chi connectivity index (χ1n) is 5.73. The minimum atomic E-state index is -1.38. The molecule has 0 bridgehead atoms. The second-order valence-electron chi connectivity index (χ2n) is 4.04. The van der Waals surface area contributed by atoms with E-state index in [4.69, 9.17) is 14.6 Å². The molecule has 6 heteroatoms. The Morgan fingerprint density at radius 1 is 1.30 bits per heavy atom. The molecular weight excluding hydrogens is 265 g/mol. The summed E-state index contributed by atoms with van der Waals surface area (Å²) in [5, 5.41) is 8.85. The lowest BCUT2D eigenvalue weighted by Crippen LogP contribution is -2.04. The summed E-state index contributed by atoms with van der Waals surface area (Å²) >= 11 is 0. The average molecular weight is 277 g/mol. The summed E-state index contributed by atoms with van der Waals surface area (Å²) in [6.07, 6.45) is 1.17. The Balaban J connectivity index is 2.40. The Kier molecular flexibility index (Phi) is 3.84. The van der Waals surface area contributed by atoms with Gasteiger partial charge in [0, 0.05) is 6.20 Å². The molecule has 2 aromatic rings. The number of aryl methyl sites for hydroxylation is 1. The highest BCUT2D eigenvalue weighted by Crippen LogP contribution is 2.32. The summed E-state index contributed by atoms with van der Waals surface area (Å²) in [6.45, 7) is 1.87. The number of ether oxygens (including phenoxy) is 2. The number of hydrogen-bond donors (Lipinski definition) is 1. The van der Waals surface area contributed by atoms with Crippen molar-refractivity contribution in [1.82, 2.24) is 4.98 Å². The van der Waals surface area contributed by atoms with Crippen molar-refractivity contribution in [1.29, 1.82) is 0 Å². The van der Waals surface area contributed by atoms with Gasteiger partial charge >= 0.3 is 5.97 Å². The highest BCUT2D eigenvalue weighted by molar-refractivity contribution is 5.88. The van der Waals surface area contributed by atoms with E-state index in [0.717, 1.165) is 11.6 Å². The topological polar surface area (TPSA) is 68.7 Å². The average Bonchev–Trinajstić information content (AvgIpc) is 2.42. The molecule has 0 aliphatic heterocycles. The number of rotatable bonds is 4. The lowest BCUT2D eigenvalue weighted by Gasteiger charge is -2.11. The fraction of sp³-hybridized carbons (Fsp3) is 0.143.